The van der Waals surface area contributed by atoms with E-state index in [1.54, 1.807) is 25.1 Å². The van der Waals surface area contributed by atoms with Gasteiger partial charge in [-0.2, -0.15) is 16.9 Å². The largest absolute Gasteiger partial charge is 0.322 e. The molecule has 0 unspecified atom stereocenters. The number of aromatic nitrogens is 2. The average Bonchev–Trinajstić information content (AvgIpc) is 3.15. The summed E-state index contributed by atoms with van der Waals surface area (Å²) in [6.07, 6.45) is 2.48. The molecular weight excluding hydrogens is 399 g/mol. The second-order valence-electron chi connectivity index (χ2n) is 7.36. The first kappa shape index (κ1) is 20.6. The van der Waals surface area contributed by atoms with Crippen molar-refractivity contribution in [2.24, 2.45) is 0 Å². The molecule has 5 nitrogen and oxygen atoms in total. The normalized spacial score (nSPS) is 14.6. The van der Waals surface area contributed by atoms with Crippen molar-refractivity contribution in [3.05, 3.63) is 77.4 Å². The molecule has 1 amide bonds. The molecular formula is C23H25FN4OS. The lowest BCUT2D eigenvalue weighted by molar-refractivity contribution is 0.102. The fraction of sp³-hybridized carbons (Fsp3) is 0.304. The van der Waals surface area contributed by atoms with Gasteiger partial charge in [-0.25, -0.2) is 9.07 Å². The zero-order valence-electron chi connectivity index (χ0n) is 17.0. The van der Waals surface area contributed by atoms with E-state index in [-0.39, 0.29) is 11.7 Å². The first-order valence-corrected chi connectivity index (χ1v) is 11.3. The van der Waals surface area contributed by atoms with Crippen molar-refractivity contribution in [1.29, 1.82) is 0 Å². The third kappa shape index (κ3) is 4.74. The highest BCUT2D eigenvalue weighted by Crippen LogP contribution is 2.19. The van der Waals surface area contributed by atoms with Crippen LogP contribution < -0.4 is 5.32 Å². The molecule has 0 radical (unpaired) electrons. The molecule has 0 saturated carbocycles. The summed E-state index contributed by atoms with van der Waals surface area (Å²) in [4.78, 5) is 15.2. The van der Waals surface area contributed by atoms with E-state index in [9.17, 15) is 9.18 Å². The van der Waals surface area contributed by atoms with E-state index in [1.807, 2.05) is 23.9 Å². The van der Waals surface area contributed by atoms with Crippen molar-refractivity contribution in [3.8, 4) is 5.69 Å². The van der Waals surface area contributed by atoms with Crippen LogP contribution >= 0.6 is 11.8 Å². The summed E-state index contributed by atoms with van der Waals surface area (Å²) in [6, 6.07) is 14.4. The Morgan fingerprint density at radius 1 is 1.13 bits per heavy atom. The van der Waals surface area contributed by atoms with Gasteiger partial charge in [0.25, 0.3) is 5.91 Å². The lowest BCUT2D eigenvalue weighted by atomic mass is 10.1. The minimum atomic E-state index is -0.380. The van der Waals surface area contributed by atoms with Gasteiger partial charge >= 0.3 is 0 Å². The minimum absolute atomic E-state index is 0.256. The van der Waals surface area contributed by atoms with Crippen LogP contribution in [0.25, 0.3) is 5.69 Å². The molecule has 1 aromatic heterocycles. The maximum Gasteiger partial charge on any atom is 0.259 e. The Kier molecular flexibility index (Phi) is 6.50. The van der Waals surface area contributed by atoms with Gasteiger partial charge < -0.3 is 10.2 Å². The Hall–Kier alpha value is -2.64. The molecule has 1 aliphatic rings. The second-order valence-corrected chi connectivity index (χ2v) is 8.59. The molecule has 7 heteroatoms. The number of para-hydroxylation sites is 1. The van der Waals surface area contributed by atoms with Crippen molar-refractivity contribution in [1.82, 2.24) is 14.7 Å². The number of hydrogen-bond donors (Lipinski definition) is 1. The fourth-order valence-electron chi connectivity index (χ4n) is 3.56. The molecule has 2 aromatic carbocycles. The number of carbonyl (C=O) groups excluding carboxylic acids is 1. The average molecular weight is 425 g/mol. The summed E-state index contributed by atoms with van der Waals surface area (Å²) in [5.41, 5.74) is 3.33. The topological polar surface area (TPSA) is 50.2 Å². The number of rotatable bonds is 6. The highest BCUT2D eigenvalue weighted by atomic mass is 32.2. The van der Waals surface area contributed by atoms with E-state index in [2.05, 4.69) is 27.4 Å². The molecule has 4 rings (SSSR count). The van der Waals surface area contributed by atoms with Crippen molar-refractivity contribution >= 4 is 23.4 Å². The zero-order valence-corrected chi connectivity index (χ0v) is 17.8. The van der Waals surface area contributed by atoms with Crippen LogP contribution in [0, 0.1) is 12.7 Å². The molecule has 1 fully saturated rings. The standard InChI is InChI=1S/C23H25FN4OS/c1-17-20(16-25-28(17)22-5-3-2-4-21(22)24)23(29)26-19-8-6-18(7-9-19)10-11-27-12-14-30-15-13-27/h2-9,16H,10-15H2,1H3,(H,26,29). The quantitative estimate of drug-likeness (QED) is 0.646. The van der Waals surface area contributed by atoms with Gasteiger partial charge in [0.15, 0.2) is 0 Å². The Morgan fingerprint density at radius 3 is 2.60 bits per heavy atom. The minimum Gasteiger partial charge on any atom is -0.322 e. The van der Waals surface area contributed by atoms with E-state index >= 15 is 0 Å². The number of nitrogens with one attached hydrogen (secondary N) is 1. The van der Waals surface area contributed by atoms with Crippen molar-refractivity contribution in [2.75, 3.05) is 36.5 Å². The summed E-state index contributed by atoms with van der Waals surface area (Å²) in [6.45, 7) is 5.16. The number of nitrogens with zero attached hydrogens (tertiary/aromatic N) is 3. The molecule has 0 atom stereocenters. The van der Waals surface area contributed by atoms with E-state index < -0.39 is 0 Å². The number of benzene rings is 2. The van der Waals surface area contributed by atoms with Gasteiger partial charge in [0.05, 0.1) is 17.5 Å². The molecule has 0 bridgehead atoms. The van der Waals surface area contributed by atoms with Gasteiger partial charge in [-0.05, 0) is 43.2 Å². The molecule has 1 saturated heterocycles. The number of halogens is 1. The Bertz CT molecular complexity index is 1010. The molecule has 0 spiro atoms. The van der Waals surface area contributed by atoms with Crippen molar-refractivity contribution < 1.29 is 9.18 Å². The van der Waals surface area contributed by atoms with Gasteiger partial charge in [-0.15, -0.1) is 0 Å². The summed E-state index contributed by atoms with van der Waals surface area (Å²) >= 11 is 2.02. The van der Waals surface area contributed by atoms with E-state index in [0.29, 0.717) is 16.9 Å². The first-order chi connectivity index (χ1) is 14.6. The number of thioether (sulfide) groups is 1. The predicted molar refractivity (Wildman–Crippen MR) is 120 cm³/mol. The predicted octanol–water partition coefficient (Wildman–Crippen LogP) is 4.16. The third-order valence-electron chi connectivity index (χ3n) is 5.37. The van der Waals surface area contributed by atoms with Crippen LogP contribution in [0.4, 0.5) is 10.1 Å². The molecule has 1 N–H and O–H groups in total. The maximum absolute atomic E-state index is 14.1. The van der Waals surface area contributed by atoms with E-state index in [0.717, 1.165) is 18.7 Å². The number of anilines is 1. The van der Waals surface area contributed by atoms with Crippen LogP contribution in [0.5, 0.6) is 0 Å². The van der Waals surface area contributed by atoms with E-state index in [1.165, 1.54) is 47.1 Å². The number of hydrogen-bond acceptors (Lipinski definition) is 4. The van der Waals surface area contributed by atoms with Crippen LogP contribution in [0.2, 0.25) is 0 Å². The van der Waals surface area contributed by atoms with Gasteiger partial charge in [-0.3, -0.25) is 4.79 Å². The van der Waals surface area contributed by atoms with Crippen LogP contribution in [-0.4, -0.2) is 51.7 Å². The van der Waals surface area contributed by atoms with Crippen LogP contribution in [0.3, 0.4) is 0 Å². The summed E-state index contributed by atoms with van der Waals surface area (Å²) in [7, 11) is 0. The molecule has 2 heterocycles. The van der Waals surface area contributed by atoms with Crippen LogP contribution in [0.1, 0.15) is 21.6 Å². The maximum atomic E-state index is 14.1. The van der Waals surface area contributed by atoms with E-state index in [4.69, 9.17) is 0 Å². The third-order valence-corrected chi connectivity index (χ3v) is 6.31. The Morgan fingerprint density at radius 2 is 1.87 bits per heavy atom. The van der Waals surface area contributed by atoms with Gasteiger partial charge in [0.1, 0.15) is 11.5 Å². The fourth-order valence-corrected chi connectivity index (χ4v) is 4.54. The van der Waals surface area contributed by atoms with Crippen molar-refractivity contribution in [3.63, 3.8) is 0 Å². The van der Waals surface area contributed by atoms with Gasteiger partial charge in [0.2, 0.25) is 0 Å². The number of amides is 1. The lowest BCUT2D eigenvalue weighted by Gasteiger charge is -2.26. The van der Waals surface area contributed by atoms with Crippen LogP contribution in [-0.2, 0) is 6.42 Å². The Labute approximate surface area is 180 Å². The van der Waals surface area contributed by atoms with Gasteiger partial charge in [0, 0.05) is 36.8 Å². The molecule has 0 aliphatic carbocycles. The smallest absolute Gasteiger partial charge is 0.259 e. The molecule has 3 aromatic rings. The SMILES string of the molecule is Cc1c(C(=O)Nc2ccc(CCN3CCSCC3)cc2)cnn1-c1ccccc1F. The molecule has 156 valence electrons. The summed E-state index contributed by atoms with van der Waals surface area (Å²) in [5, 5.41) is 7.11. The zero-order chi connectivity index (χ0) is 20.9. The second kappa shape index (κ2) is 9.45. The van der Waals surface area contributed by atoms with Crippen LogP contribution in [0.15, 0.2) is 54.7 Å². The highest BCUT2D eigenvalue weighted by molar-refractivity contribution is 7.99. The first-order valence-electron chi connectivity index (χ1n) is 10.1. The molecule has 1 aliphatic heterocycles. The van der Waals surface area contributed by atoms with Gasteiger partial charge in [-0.1, -0.05) is 24.3 Å². The highest BCUT2D eigenvalue weighted by Gasteiger charge is 2.17. The molecule has 30 heavy (non-hydrogen) atoms. The summed E-state index contributed by atoms with van der Waals surface area (Å²) in [5.74, 6) is 1.80. The van der Waals surface area contributed by atoms with Crippen molar-refractivity contribution in [2.45, 2.75) is 13.3 Å². The number of carbonyl (C=O) groups is 1. The lowest BCUT2D eigenvalue weighted by Crippen LogP contribution is -2.34. The monoisotopic (exact) mass is 424 g/mol. The Balaban J connectivity index is 1.39. The summed E-state index contributed by atoms with van der Waals surface area (Å²) < 4.78 is 15.5.